The van der Waals surface area contributed by atoms with E-state index in [0.29, 0.717) is 22.9 Å². The van der Waals surface area contributed by atoms with Gasteiger partial charge in [0.2, 0.25) is 0 Å². The molecule has 1 aliphatic heterocycles. The van der Waals surface area contributed by atoms with E-state index in [9.17, 15) is 33.0 Å². The highest BCUT2D eigenvalue weighted by atomic mass is 32.2. The second kappa shape index (κ2) is 17.3. The first kappa shape index (κ1) is 37.2. The Kier molecular flexibility index (Phi) is 15.7. The molecule has 0 aliphatic carbocycles. The molecule has 1 saturated heterocycles. The lowest BCUT2D eigenvalue weighted by Crippen LogP contribution is -2.34. The molecule has 236 valence electrons. The summed E-state index contributed by atoms with van der Waals surface area (Å²) in [6, 6.07) is -0.869. The molecule has 1 rings (SSSR count). The molecule has 8 atom stereocenters. The Balaban J connectivity index is 3.12. The van der Waals surface area contributed by atoms with Gasteiger partial charge in [0.15, 0.2) is 0 Å². The Bertz CT molecular complexity index is 953. The van der Waals surface area contributed by atoms with Crippen molar-refractivity contribution in [3.8, 4) is 0 Å². The van der Waals surface area contributed by atoms with E-state index in [2.05, 4.69) is 5.32 Å². The molecule has 0 aromatic heterocycles. The van der Waals surface area contributed by atoms with E-state index in [1.165, 1.54) is 11.8 Å². The highest BCUT2D eigenvalue weighted by Crippen LogP contribution is 2.36. The van der Waals surface area contributed by atoms with Crippen LogP contribution in [0.3, 0.4) is 0 Å². The number of ketones is 1. The van der Waals surface area contributed by atoms with Gasteiger partial charge in [-0.3, -0.25) is 9.59 Å². The van der Waals surface area contributed by atoms with Gasteiger partial charge in [0.25, 0.3) is 0 Å². The van der Waals surface area contributed by atoms with Crippen LogP contribution in [0, 0.1) is 11.8 Å². The number of esters is 1. The highest BCUT2D eigenvalue weighted by molar-refractivity contribution is 8.02. The molecule has 1 heterocycles. The molecule has 5 N–H and O–H groups in total. The van der Waals surface area contributed by atoms with Gasteiger partial charge in [-0.1, -0.05) is 47.6 Å². The Morgan fingerprint density at radius 1 is 1.12 bits per heavy atom. The fraction of sp³-hybridized carbons (Fsp3) is 0.733. The number of aliphatic hydroxyl groups excluding tert-OH is 2. The Labute approximate surface area is 247 Å². The number of rotatable bonds is 18. The fourth-order valence-electron chi connectivity index (χ4n) is 4.43. The lowest BCUT2D eigenvalue weighted by atomic mass is 9.86. The van der Waals surface area contributed by atoms with Crippen LogP contribution < -0.4 is 11.1 Å². The molecular weight excluding hydrogens is 557 g/mol. The first-order valence-corrected chi connectivity index (χ1v) is 15.4. The van der Waals surface area contributed by atoms with E-state index in [-0.39, 0.29) is 37.5 Å². The Hall–Kier alpha value is -1.82. The van der Waals surface area contributed by atoms with Crippen molar-refractivity contribution >= 4 is 23.5 Å². The number of nitrogens with two attached hydrogens (primary N) is 1. The minimum Gasteiger partial charge on any atom is -0.457 e. The predicted molar refractivity (Wildman–Crippen MR) is 158 cm³/mol. The summed E-state index contributed by atoms with van der Waals surface area (Å²) < 4.78 is 47.7. The molecule has 0 spiro atoms. The minimum atomic E-state index is -4.61. The molecule has 11 heteroatoms. The van der Waals surface area contributed by atoms with Crippen molar-refractivity contribution < 1.29 is 37.7 Å². The molecule has 3 unspecified atom stereocenters. The fourth-order valence-corrected chi connectivity index (χ4v) is 5.08. The van der Waals surface area contributed by atoms with Crippen molar-refractivity contribution in [2.75, 3.05) is 0 Å². The molecule has 1 fully saturated rings. The quantitative estimate of drug-likeness (QED) is 0.0691. The minimum absolute atomic E-state index is 0.0955. The summed E-state index contributed by atoms with van der Waals surface area (Å²) in [7, 11) is 0. The van der Waals surface area contributed by atoms with Crippen LogP contribution in [0.1, 0.15) is 87.0 Å². The van der Waals surface area contributed by atoms with E-state index < -0.39 is 53.9 Å². The molecule has 0 bridgehead atoms. The summed E-state index contributed by atoms with van der Waals surface area (Å²) >= 11 is 1.53. The molecule has 41 heavy (non-hydrogen) atoms. The molecule has 0 aromatic rings. The van der Waals surface area contributed by atoms with Crippen LogP contribution in [0.15, 0.2) is 34.4 Å². The standard InChI is InChI=1S/C30H49F3N2O5S/c1-8-18(5)41-16-22(34)13-17(4)26(40-27(38)15-23(36)9-2)12-11-21(30(31,32)33)14-24-28(35-24)20(7)29(39)19(6)25(37)10-3/h11,13,16,18-20,23-24,26,28-29,35-36,39H,8-10,12,14-15,34H2,1-7H3/b17-13+,21-11+,22-16-/t18?,19-,20-,23+,24?,26-,28?,29+/m0/s1. The summed E-state index contributed by atoms with van der Waals surface area (Å²) in [5, 5.41) is 25.5. The average Bonchev–Trinajstić information content (AvgIpc) is 3.69. The van der Waals surface area contributed by atoms with E-state index >= 15 is 0 Å². The Morgan fingerprint density at radius 2 is 1.76 bits per heavy atom. The zero-order valence-electron chi connectivity index (χ0n) is 25.3. The highest BCUT2D eigenvalue weighted by Gasteiger charge is 2.47. The SMILES string of the molecule is CCC(=O)[C@H](C)[C@@H](O)[C@@H](C)C1NC1C/C(=C\C[C@H](OC(=O)C[C@H](O)CC)/C(C)=C/C(N)=C/SC(C)CC)C(F)(F)F. The number of alkyl halides is 3. The van der Waals surface area contributed by atoms with Crippen molar-refractivity contribution in [1.82, 2.24) is 5.32 Å². The molecule has 0 aromatic carbocycles. The molecule has 1 aliphatic rings. The largest absolute Gasteiger partial charge is 0.457 e. The van der Waals surface area contributed by atoms with Crippen LogP contribution >= 0.6 is 11.8 Å². The second-order valence-electron chi connectivity index (χ2n) is 11.0. The summed E-state index contributed by atoms with van der Waals surface area (Å²) in [5.41, 5.74) is 6.21. The topological polar surface area (TPSA) is 132 Å². The average molecular weight is 607 g/mol. The lowest BCUT2D eigenvalue weighted by Gasteiger charge is -2.23. The Morgan fingerprint density at radius 3 is 2.29 bits per heavy atom. The molecule has 0 radical (unpaired) electrons. The van der Waals surface area contributed by atoms with Crippen LogP contribution in [0.25, 0.3) is 0 Å². The summed E-state index contributed by atoms with van der Waals surface area (Å²) in [6.45, 7) is 12.5. The molecular formula is C30H49F3N2O5S. The van der Waals surface area contributed by atoms with Crippen molar-refractivity contribution in [2.24, 2.45) is 17.6 Å². The predicted octanol–water partition coefficient (Wildman–Crippen LogP) is 5.56. The summed E-state index contributed by atoms with van der Waals surface area (Å²) in [6.07, 6.45) is -4.12. The van der Waals surface area contributed by atoms with Crippen LogP contribution in [0.4, 0.5) is 13.2 Å². The van der Waals surface area contributed by atoms with Crippen molar-refractivity contribution in [1.29, 1.82) is 0 Å². The smallest absolute Gasteiger partial charge is 0.412 e. The summed E-state index contributed by atoms with van der Waals surface area (Å²) in [4.78, 5) is 24.4. The van der Waals surface area contributed by atoms with Crippen molar-refractivity contribution in [3.63, 3.8) is 0 Å². The van der Waals surface area contributed by atoms with E-state index in [1.807, 2.05) is 13.8 Å². The number of halogens is 3. The maximum atomic E-state index is 14.0. The number of hydrogen-bond donors (Lipinski definition) is 4. The van der Waals surface area contributed by atoms with Crippen molar-refractivity contribution in [3.05, 3.63) is 34.4 Å². The first-order valence-electron chi connectivity index (χ1n) is 14.4. The van der Waals surface area contributed by atoms with Gasteiger partial charge >= 0.3 is 12.1 Å². The first-order chi connectivity index (χ1) is 19.0. The van der Waals surface area contributed by atoms with Crippen LogP contribution in [-0.2, 0) is 14.3 Å². The lowest BCUT2D eigenvalue weighted by molar-refractivity contribution is -0.149. The van der Waals surface area contributed by atoms with E-state index in [1.54, 1.807) is 46.1 Å². The zero-order chi connectivity index (χ0) is 31.5. The normalized spacial score (nSPS) is 22.9. The maximum Gasteiger partial charge on any atom is 0.412 e. The van der Waals surface area contributed by atoms with E-state index in [0.717, 1.165) is 12.5 Å². The number of Topliss-reactive ketones (excluding diaryl/α,β-unsaturated/α-hetero) is 1. The number of aliphatic hydroxyl groups is 2. The van der Waals surface area contributed by atoms with Gasteiger partial charge in [0.1, 0.15) is 11.9 Å². The van der Waals surface area contributed by atoms with Crippen molar-refractivity contribution in [2.45, 2.75) is 129 Å². The van der Waals surface area contributed by atoms with Gasteiger partial charge in [-0.05, 0) is 49.2 Å². The number of thioether (sulfide) groups is 1. The number of carbonyl (C=O) groups is 2. The number of allylic oxidation sites excluding steroid dienone is 1. The van der Waals surface area contributed by atoms with Gasteiger partial charge in [-0.25, -0.2) is 0 Å². The van der Waals surface area contributed by atoms with Gasteiger partial charge in [-0.2, -0.15) is 13.2 Å². The van der Waals surface area contributed by atoms with Gasteiger partial charge in [0, 0.05) is 47.4 Å². The number of nitrogens with one attached hydrogen (secondary N) is 1. The molecule has 7 nitrogen and oxygen atoms in total. The zero-order valence-corrected chi connectivity index (χ0v) is 26.1. The number of hydrogen-bond acceptors (Lipinski definition) is 8. The number of ether oxygens (including phenoxy) is 1. The van der Waals surface area contributed by atoms with Crippen LogP contribution in [-0.4, -0.2) is 63.8 Å². The third-order valence-electron chi connectivity index (χ3n) is 7.65. The van der Waals surface area contributed by atoms with Gasteiger partial charge in [-0.15, -0.1) is 11.8 Å². The number of carbonyl (C=O) groups excluding carboxylic acids is 2. The maximum absolute atomic E-state index is 14.0. The summed E-state index contributed by atoms with van der Waals surface area (Å²) in [5.74, 6) is -1.82. The van der Waals surface area contributed by atoms with Gasteiger partial charge < -0.3 is 26.0 Å². The third-order valence-corrected chi connectivity index (χ3v) is 8.85. The molecule has 0 amide bonds. The third kappa shape index (κ3) is 12.9. The molecule has 0 saturated carbocycles. The second-order valence-corrected chi connectivity index (χ2v) is 12.3. The monoisotopic (exact) mass is 606 g/mol. The van der Waals surface area contributed by atoms with Crippen LogP contribution in [0.5, 0.6) is 0 Å². The van der Waals surface area contributed by atoms with E-state index in [4.69, 9.17) is 10.5 Å². The van der Waals surface area contributed by atoms with Crippen LogP contribution in [0.2, 0.25) is 0 Å². The van der Waals surface area contributed by atoms with Gasteiger partial charge in [0.05, 0.1) is 18.6 Å².